The number of hydrogen-bond acceptors (Lipinski definition) is 2. The monoisotopic (exact) mass is 433 g/mol. The van der Waals surface area contributed by atoms with Crippen molar-refractivity contribution in [3.63, 3.8) is 0 Å². The molecule has 0 unspecified atom stereocenters. The highest BCUT2D eigenvalue weighted by Gasteiger charge is 2.38. The number of halogens is 1. The fourth-order valence-corrected chi connectivity index (χ4v) is 4.61. The maximum absolute atomic E-state index is 12.4. The van der Waals surface area contributed by atoms with Crippen molar-refractivity contribution in [2.75, 3.05) is 0 Å². The van der Waals surface area contributed by atoms with E-state index >= 15 is 0 Å². The van der Waals surface area contributed by atoms with Gasteiger partial charge in [0.25, 0.3) is 11.8 Å². The molecule has 0 aliphatic carbocycles. The lowest BCUT2D eigenvalue weighted by molar-refractivity contribution is 0.0628. The van der Waals surface area contributed by atoms with Gasteiger partial charge in [-0.15, -0.1) is 0 Å². The molecule has 0 saturated heterocycles. The second-order valence-electron chi connectivity index (χ2n) is 8.70. The maximum Gasteiger partial charge on any atom is 0.262 e. The highest BCUT2D eigenvalue weighted by molar-refractivity contribution is 6.28. The summed E-state index contributed by atoms with van der Waals surface area (Å²) >= 11 is 6.41. The summed E-state index contributed by atoms with van der Waals surface area (Å²) in [5.74, 6) is -0.506. The van der Waals surface area contributed by atoms with Gasteiger partial charge in [-0.25, -0.2) is 0 Å². The van der Waals surface area contributed by atoms with Gasteiger partial charge in [0.1, 0.15) is 5.50 Å². The molecule has 1 heterocycles. The highest BCUT2D eigenvalue weighted by atomic mass is 35.5. The summed E-state index contributed by atoms with van der Waals surface area (Å²) in [6.07, 6.45) is 20.5. The Morgan fingerprint density at radius 3 is 1.43 bits per heavy atom. The Morgan fingerprint density at radius 2 is 1.03 bits per heavy atom. The van der Waals surface area contributed by atoms with Crippen molar-refractivity contribution in [2.45, 2.75) is 115 Å². The fourth-order valence-electron chi connectivity index (χ4n) is 4.28. The molecule has 1 aliphatic heterocycles. The maximum atomic E-state index is 12.4. The molecule has 1 aromatic rings. The Hall–Kier alpha value is -1.35. The number of unbranched alkanes of at least 4 members (excludes halogenated alkanes) is 14. The number of fused-ring (bicyclic) bond motifs is 1. The zero-order valence-electron chi connectivity index (χ0n) is 18.8. The molecule has 30 heavy (non-hydrogen) atoms. The van der Waals surface area contributed by atoms with Crippen molar-refractivity contribution in [1.82, 2.24) is 4.90 Å². The van der Waals surface area contributed by atoms with Crippen LogP contribution in [-0.2, 0) is 0 Å². The third kappa shape index (κ3) is 8.06. The normalized spacial score (nSPS) is 14.4. The van der Waals surface area contributed by atoms with E-state index < -0.39 is 5.50 Å². The molecule has 2 amide bonds. The van der Waals surface area contributed by atoms with Crippen molar-refractivity contribution < 1.29 is 9.59 Å². The summed E-state index contributed by atoms with van der Waals surface area (Å²) in [5.41, 5.74) is 0.411. The number of benzene rings is 1. The van der Waals surface area contributed by atoms with Crippen LogP contribution in [0.5, 0.6) is 0 Å². The summed E-state index contributed by atoms with van der Waals surface area (Å²) in [6.45, 7) is 2.27. The molecule has 3 nitrogen and oxygen atoms in total. The second kappa shape index (κ2) is 14.6. The van der Waals surface area contributed by atoms with E-state index in [2.05, 4.69) is 6.92 Å². The van der Waals surface area contributed by atoms with Crippen molar-refractivity contribution >= 4 is 23.4 Å². The van der Waals surface area contributed by atoms with Gasteiger partial charge in [0, 0.05) is 0 Å². The Labute approximate surface area is 188 Å². The molecule has 0 N–H and O–H groups in total. The zero-order chi connectivity index (χ0) is 21.6. The van der Waals surface area contributed by atoms with Gasteiger partial charge in [0.15, 0.2) is 0 Å². The van der Waals surface area contributed by atoms with Crippen LogP contribution in [0.4, 0.5) is 0 Å². The van der Waals surface area contributed by atoms with Crippen LogP contribution in [0.1, 0.15) is 130 Å². The third-order valence-corrected chi connectivity index (χ3v) is 6.56. The van der Waals surface area contributed by atoms with Gasteiger partial charge < -0.3 is 0 Å². The molecule has 1 atom stereocenters. The van der Waals surface area contributed by atoms with Gasteiger partial charge in [0.05, 0.1) is 11.1 Å². The standard InChI is InChI=1S/C26H40ClNO2/c1-2-3-4-5-6-7-8-9-10-11-12-13-14-15-16-21-24(27)28-25(29)22-19-17-18-20-23(22)26(28)30/h17-20,24H,2-16,21H2,1H3/t24-/m1/s1. The molecule has 0 spiro atoms. The first-order chi connectivity index (χ1) is 14.7. The number of imide groups is 1. The Balaban J connectivity index is 1.43. The minimum atomic E-state index is -0.542. The van der Waals surface area contributed by atoms with Gasteiger partial charge in [0.2, 0.25) is 0 Å². The first kappa shape index (κ1) is 24.9. The van der Waals surface area contributed by atoms with E-state index in [1.165, 1.54) is 88.4 Å². The number of amides is 2. The van der Waals surface area contributed by atoms with E-state index in [1.807, 2.05) is 0 Å². The van der Waals surface area contributed by atoms with Gasteiger partial charge in [-0.3, -0.25) is 14.5 Å². The number of hydrogen-bond donors (Lipinski definition) is 0. The minimum absolute atomic E-state index is 0.253. The molecule has 1 aromatic carbocycles. The summed E-state index contributed by atoms with van der Waals surface area (Å²) in [4.78, 5) is 26.1. The topological polar surface area (TPSA) is 37.4 Å². The molecule has 2 rings (SSSR count). The smallest absolute Gasteiger partial charge is 0.262 e. The zero-order valence-corrected chi connectivity index (χ0v) is 19.6. The first-order valence-corrected chi connectivity index (χ1v) is 12.7. The van der Waals surface area contributed by atoms with E-state index in [4.69, 9.17) is 11.6 Å². The van der Waals surface area contributed by atoms with E-state index in [1.54, 1.807) is 24.3 Å². The van der Waals surface area contributed by atoms with Gasteiger partial charge in [-0.05, 0) is 18.6 Å². The quantitative estimate of drug-likeness (QED) is 0.108. The van der Waals surface area contributed by atoms with Gasteiger partial charge in [-0.2, -0.15) is 0 Å². The lowest BCUT2D eigenvalue weighted by Gasteiger charge is -2.20. The Bertz CT molecular complexity index is 611. The summed E-state index contributed by atoms with van der Waals surface area (Å²) in [6, 6.07) is 6.97. The average Bonchev–Trinajstić information content (AvgIpc) is 3.01. The van der Waals surface area contributed by atoms with Crippen molar-refractivity contribution in [2.24, 2.45) is 0 Å². The molecule has 1 aliphatic rings. The number of nitrogens with zero attached hydrogens (tertiary/aromatic N) is 1. The van der Waals surface area contributed by atoms with E-state index in [0.717, 1.165) is 12.8 Å². The fraction of sp³-hybridized carbons (Fsp3) is 0.692. The molecule has 0 aromatic heterocycles. The molecule has 0 saturated carbocycles. The SMILES string of the molecule is CCCCCCCCCCCCCCCCC[C@H](Cl)N1C(=O)c2ccccc2C1=O. The van der Waals surface area contributed by atoms with Crippen molar-refractivity contribution in [3.05, 3.63) is 35.4 Å². The molecule has 0 fully saturated rings. The van der Waals surface area contributed by atoms with Gasteiger partial charge in [-0.1, -0.05) is 127 Å². The number of rotatable bonds is 17. The summed E-state index contributed by atoms with van der Waals surface area (Å²) in [5, 5.41) is 0. The van der Waals surface area contributed by atoms with Crippen LogP contribution in [-0.4, -0.2) is 22.2 Å². The van der Waals surface area contributed by atoms with Crippen molar-refractivity contribution in [1.29, 1.82) is 0 Å². The lowest BCUT2D eigenvalue weighted by atomic mass is 10.0. The van der Waals surface area contributed by atoms with Crippen LogP contribution in [0.25, 0.3) is 0 Å². The van der Waals surface area contributed by atoms with Crippen LogP contribution in [0.15, 0.2) is 24.3 Å². The number of alkyl halides is 1. The van der Waals surface area contributed by atoms with E-state index in [-0.39, 0.29) is 11.8 Å². The van der Waals surface area contributed by atoms with E-state index in [9.17, 15) is 9.59 Å². The molecular formula is C26H40ClNO2. The van der Waals surface area contributed by atoms with Crippen LogP contribution in [0, 0.1) is 0 Å². The Morgan fingerprint density at radius 1 is 0.667 bits per heavy atom. The second-order valence-corrected chi connectivity index (χ2v) is 9.20. The van der Waals surface area contributed by atoms with Crippen molar-refractivity contribution in [3.8, 4) is 0 Å². The molecule has 0 radical (unpaired) electrons. The Kier molecular flexibility index (Phi) is 12.1. The van der Waals surface area contributed by atoms with E-state index in [0.29, 0.717) is 17.5 Å². The predicted molar refractivity (Wildman–Crippen MR) is 126 cm³/mol. The first-order valence-electron chi connectivity index (χ1n) is 12.3. The molecule has 0 bridgehead atoms. The largest absolute Gasteiger partial charge is 0.269 e. The predicted octanol–water partition coefficient (Wildman–Crippen LogP) is 8.11. The lowest BCUT2D eigenvalue weighted by Crippen LogP contribution is -2.36. The minimum Gasteiger partial charge on any atom is -0.269 e. The van der Waals surface area contributed by atoms with Crippen LogP contribution < -0.4 is 0 Å². The molecule has 168 valence electrons. The van der Waals surface area contributed by atoms with Crippen LogP contribution in [0.2, 0.25) is 0 Å². The van der Waals surface area contributed by atoms with Gasteiger partial charge >= 0.3 is 0 Å². The summed E-state index contributed by atoms with van der Waals surface area (Å²) < 4.78 is 0. The summed E-state index contributed by atoms with van der Waals surface area (Å²) in [7, 11) is 0. The molecule has 4 heteroatoms. The third-order valence-electron chi connectivity index (χ3n) is 6.15. The number of carbonyl (C=O) groups excluding carboxylic acids is 2. The number of carbonyl (C=O) groups is 2. The van der Waals surface area contributed by atoms with Crippen LogP contribution >= 0.6 is 11.6 Å². The molecular weight excluding hydrogens is 394 g/mol. The average molecular weight is 434 g/mol. The highest BCUT2D eigenvalue weighted by Crippen LogP contribution is 2.28. The van der Waals surface area contributed by atoms with Crippen LogP contribution in [0.3, 0.4) is 0 Å².